The van der Waals surface area contributed by atoms with Crippen LogP contribution in [-0.2, 0) is 14.3 Å². The van der Waals surface area contributed by atoms with Crippen LogP contribution in [-0.4, -0.2) is 61.7 Å². The molecule has 3 aliphatic carbocycles. The van der Waals surface area contributed by atoms with E-state index in [1.165, 1.54) is 0 Å². The van der Waals surface area contributed by atoms with Crippen LogP contribution >= 0.6 is 0 Å². The number of fused-ring (bicyclic) bond motifs is 3. The highest BCUT2D eigenvalue weighted by molar-refractivity contribution is 6.04. The van der Waals surface area contributed by atoms with Gasteiger partial charge >= 0.3 is 5.97 Å². The van der Waals surface area contributed by atoms with Crippen molar-refractivity contribution < 1.29 is 34.8 Å². The van der Waals surface area contributed by atoms with Gasteiger partial charge in [-0.25, -0.2) is 0 Å². The van der Waals surface area contributed by atoms with E-state index in [2.05, 4.69) is 0 Å². The highest BCUT2D eigenvalue weighted by Gasteiger charge is 2.70. The second-order valence-corrected chi connectivity index (χ2v) is 10.6. The van der Waals surface area contributed by atoms with Crippen molar-refractivity contribution in [2.75, 3.05) is 6.61 Å². The van der Waals surface area contributed by atoms with Gasteiger partial charge < -0.3 is 25.2 Å². The third kappa shape index (κ3) is 3.40. The molecule has 0 aromatic carbocycles. The molecule has 0 aliphatic heterocycles. The Bertz CT molecular complexity index is 845. The van der Waals surface area contributed by atoms with Gasteiger partial charge in [0.25, 0.3) is 0 Å². The molecule has 4 N–H and O–H groups in total. The highest BCUT2D eigenvalue weighted by Crippen LogP contribution is 2.60. The standard InChI is InChI=1S/C25H38O7/c1-7-8-19(27)32-23(6)20(13(2)3)17-10-16(12-26)11-24(30)18(9-14(4)21(24)28)25(17,31)15(5)22(23)29/h9-10,13,15,17-18,20,22,26,29-31H,7-8,11-12H2,1-6H3/t15-,17+,18?,20+,22-,23-,24-,25-/m1/s1. The zero-order chi connectivity index (χ0) is 24.2. The fraction of sp³-hybridized carbons (Fsp3) is 0.760. The number of aliphatic hydroxyl groups is 4. The molecule has 180 valence electrons. The van der Waals surface area contributed by atoms with Crippen molar-refractivity contribution in [2.24, 2.45) is 29.6 Å². The van der Waals surface area contributed by atoms with Gasteiger partial charge in [-0.3, -0.25) is 9.59 Å². The molecule has 1 fully saturated rings. The molecule has 0 bridgehead atoms. The number of carbonyl (C=O) groups is 2. The van der Waals surface area contributed by atoms with E-state index in [1.807, 2.05) is 20.8 Å². The van der Waals surface area contributed by atoms with Gasteiger partial charge in [-0.1, -0.05) is 39.8 Å². The SMILES string of the molecule is CCCC(=O)O[C@@]1(C)[C@H](O)[C@@H](C)[C@]2(O)C3C=C(C)C(=O)[C@@]3(O)CC(CO)=C[C@H]2[C@@H]1C(C)C. The van der Waals surface area contributed by atoms with Gasteiger partial charge in [-0.2, -0.15) is 0 Å². The number of Topliss-reactive ketones (excluding diaryl/α,β-unsaturated/α-hetero) is 1. The second kappa shape index (κ2) is 8.35. The van der Waals surface area contributed by atoms with Gasteiger partial charge in [0.1, 0.15) is 11.2 Å². The number of ether oxygens (including phenoxy) is 1. The van der Waals surface area contributed by atoms with Crippen molar-refractivity contribution in [1.29, 1.82) is 0 Å². The number of rotatable bonds is 5. The first-order chi connectivity index (χ1) is 14.8. The first-order valence-electron chi connectivity index (χ1n) is 11.7. The maximum atomic E-state index is 13.0. The maximum absolute atomic E-state index is 13.0. The van der Waals surface area contributed by atoms with Crippen LogP contribution in [0.2, 0.25) is 0 Å². The van der Waals surface area contributed by atoms with Gasteiger partial charge in [-0.05, 0) is 37.3 Å². The highest BCUT2D eigenvalue weighted by atomic mass is 16.6. The molecule has 0 spiro atoms. The molecule has 0 saturated heterocycles. The summed E-state index contributed by atoms with van der Waals surface area (Å²) in [7, 11) is 0. The first-order valence-corrected chi connectivity index (χ1v) is 11.7. The zero-order valence-electron chi connectivity index (χ0n) is 20.0. The van der Waals surface area contributed by atoms with E-state index in [4.69, 9.17) is 4.74 Å². The Morgan fingerprint density at radius 2 is 1.91 bits per heavy atom. The Morgan fingerprint density at radius 3 is 2.44 bits per heavy atom. The lowest BCUT2D eigenvalue weighted by Gasteiger charge is -2.60. The van der Waals surface area contributed by atoms with Crippen molar-refractivity contribution in [3.05, 3.63) is 23.3 Å². The Kier molecular flexibility index (Phi) is 6.55. The Hall–Kier alpha value is -1.54. The van der Waals surface area contributed by atoms with E-state index < -0.39 is 58.3 Å². The first kappa shape index (κ1) is 25.1. The minimum absolute atomic E-state index is 0.0976. The topological polar surface area (TPSA) is 124 Å². The Balaban J connectivity index is 2.24. The Morgan fingerprint density at radius 1 is 1.28 bits per heavy atom. The van der Waals surface area contributed by atoms with E-state index in [1.54, 1.807) is 32.9 Å². The van der Waals surface area contributed by atoms with E-state index in [0.717, 1.165) is 0 Å². The third-order valence-electron chi connectivity index (χ3n) is 8.17. The summed E-state index contributed by atoms with van der Waals surface area (Å²) in [6, 6.07) is 0. The van der Waals surface area contributed by atoms with Crippen LogP contribution in [0.3, 0.4) is 0 Å². The van der Waals surface area contributed by atoms with Crippen molar-refractivity contribution in [3.8, 4) is 0 Å². The monoisotopic (exact) mass is 450 g/mol. The smallest absolute Gasteiger partial charge is 0.306 e. The quantitative estimate of drug-likeness (QED) is 0.373. The van der Waals surface area contributed by atoms with Crippen LogP contribution in [0.15, 0.2) is 23.3 Å². The van der Waals surface area contributed by atoms with Gasteiger partial charge in [0, 0.05) is 36.5 Å². The minimum Gasteiger partial charge on any atom is -0.456 e. The van der Waals surface area contributed by atoms with Crippen molar-refractivity contribution in [3.63, 3.8) is 0 Å². The molecule has 3 rings (SSSR count). The summed E-state index contributed by atoms with van der Waals surface area (Å²) >= 11 is 0. The lowest BCUT2D eigenvalue weighted by atomic mass is 9.50. The lowest BCUT2D eigenvalue weighted by Crippen LogP contribution is -2.72. The molecule has 0 radical (unpaired) electrons. The number of esters is 1. The molecule has 7 heteroatoms. The number of ketones is 1. The summed E-state index contributed by atoms with van der Waals surface area (Å²) in [4.78, 5) is 25.5. The average molecular weight is 451 g/mol. The average Bonchev–Trinajstić information content (AvgIpc) is 2.88. The van der Waals surface area contributed by atoms with Crippen LogP contribution in [0.25, 0.3) is 0 Å². The zero-order valence-corrected chi connectivity index (χ0v) is 20.0. The molecule has 0 aromatic heterocycles. The second-order valence-electron chi connectivity index (χ2n) is 10.6. The fourth-order valence-corrected chi connectivity index (χ4v) is 6.75. The molecular formula is C25H38O7. The van der Waals surface area contributed by atoms with Crippen LogP contribution in [0.5, 0.6) is 0 Å². The van der Waals surface area contributed by atoms with E-state index in [0.29, 0.717) is 17.6 Å². The van der Waals surface area contributed by atoms with Crippen LogP contribution in [0.4, 0.5) is 0 Å². The van der Waals surface area contributed by atoms with Gasteiger partial charge in [0.05, 0.1) is 18.3 Å². The molecule has 0 amide bonds. The molecule has 1 unspecified atom stereocenters. The largest absolute Gasteiger partial charge is 0.456 e. The third-order valence-corrected chi connectivity index (χ3v) is 8.17. The van der Waals surface area contributed by atoms with Gasteiger partial charge in [-0.15, -0.1) is 0 Å². The predicted octanol–water partition coefficient (Wildman–Crippen LogP) is 1.92. The number of carbonyl (C=O) groups excluding carboxylic acids is 2. The molecular weight excluding hydrogens is 412 g/mol. The number of aliphatic hydroxyl groups excluding tert-OH is 2. The van der Waals surface area contributed by atoms with E-state index >= 15 is 0 Å². The summed E-state index contributed by atoms with van der Waals surface area (Å²) in [6.45, 7) is 10.4. The molecule has 0 aromatic rings. The fourth-order valence-electron chi connectivity index (χ4n) is 6.75. The lowest BCUT2D eigenvalue weighted by molar-refractivity contribution is -0.269. The molecule has 8 atom stereocenters. The normalized spacial score (nSPS) is 43.8. The van der Waals surface area contributed by atoms with Crippen LogP contribution in [0, 0.1) is 29.6 Å². The Labute approximate surface area is 190 Å². The van der Waals surface area contributed by atoms with Gasteiger partial charge in [0.2, 0.25) is 0 Å². The molecule has 0 heterocycles. The van der Waals surface area contributed by atoms with Crippen molar-refractivity contribution in [1.82, 2.24) is 0 Å². The molecule has 1 saturated carbocycles. The van der Waals surface area contributed by atoms with Crippen molar-refractivity contribution >= 4 is 11.8 Å². The summed E-state index contributed by atoms with van der Waals surface area (Å²) in [6.07, 6.45) is 2.85. The number of hydrogen-bond acceptors (Lipinski definition) is 7. The van der Waals surface area contributed by atoms with Crippen molar-refractivity contribution in [2.45, 2.75) is 83.7 Å². The molecule has 7 nitrogen and oxygen atoms in total. The maximum Gasteiger partial charge on any atom is 0.306 e. The predicted molar refractivity (Wildman–Crippen MR) is 118 cm³/mol. The summed E-state index contributed by atoms with van der Waals surface area (Å²) < 4.78 is 5.92. The summed E-state index contributed by atoms with van der Waals surface area (Å²) in [5.74, 6) is -4.00. The van der Waals surface area contributed by atoms with E-state index in [9.17, 15) is 30.0 Å². The minimum atomic E-state index is -1.90. The summed E-state index contributed by atoms with van der Waals surface area (Å²) in [5.41, 5.74) is -4.08. The van der Waals surface area contributed by atoms with Crippen LogP contribution < -0.4 is 0 Å². The van der Waals surface area contributed by atoms with Crippen LogP contribution in [0.1, 0.15) is 60.8 Å². The summed E-state index contributed by atoms with van der Waals surface area (Å²) in [5, 5.41) is 45.4. The molecule has 3 aliphatic rings. The van der Waals surface area contributed by atoms with E-state index in [-0.39, 0.29) is 25.4 Å². The molecule has 32 heavy (non-hydrogen) atoms. The number of hydrogen-bond donors (Lipinski definition) is 4. The van der Waals surface area contributed by atoms with Gasteiger partial charge in [0.15, 0.2) is 5.78 Å².